The molecule has 0 radical (unpaired) electrons. The van der Waals surface area contributed by atoms with Crippen molar-refractivity contribution in [3.8, 4) is 0 Å². The van der Waals surface area contributed by atoms with Crippen molar-refractivity contribution in [2.24, 2.45) is 5.92 Å². The number of anilines is 2. The molecule has 2 N–H and O–H groups in total. The molecule has 2 aliphatic heterocycles. The van der Waals surface area contributed by atoms with Crippen LogP contribution in [-0.2, 0) is 10.0 Å². The van der Waals surface area contributed by atoms with Gasteiger partial charge in [0, 0.05) is 44.8 Å². The first-order valence-corrected chi connectivity index (χ1v) is 12.4. The van der Waals surface area contributed by atoms with Crippen LogP contribution < -0.4 is 14.9 Å². The fraction of sp³-hybridized carbons (Fsp3) is 0.435. The van der Waals surface area contributed by atoms with Crippen molar-refractivity contribution in [3.05, 3.63) is 54.1 Å². The van der Waals surface area contributed by atoms with E-state index in [1.807, 2.05) is 17.0 Å². The summed E-state index contributed by atoms with van der Waals surface area (Å²) in [6.45, 7) is 6.85. The Labute approximate surface area is 184 Å². The van der Waals surface area contributed by atoms with Crippen LogP contribution in [0.2, 0.25) is 0 Å². The quantitative estimate of drug-likeness (QED) is 0.744. The Morgan fingerprint density at radius 2 is 1.81 bits per heavy atom. The molecule has 0 spiro atoms. The number of sulfonamides is 1. The molecule has 0 aliphatic carbocycles. The predicted octanol–water partition coefficient (Wildman–Crippen LogP) is 2.77. The lowest BCUT2D eigenvalue weighted by Crippen LogP contribution is -2.44. The zero-order chi connectivity index (χ0) is 21.8. The maximum Gasteiger partial charge on any atom is 0.261 e. The molecule has 2 heterocycles. The van der Waals surface area contributed by atoms with Gasteiger partial charge in [-0.25, -0.2) is 8.42 Å². The van der Waals surface area contributed by atoms with E-state index in [1.54, 1.807) is 36.4 Å². The van der Waals surface area contributed by atoms with Crippen molar-refractivity contribution >= 4 is 27.3 Å². The highest BCUT2D eigenvalue weighted by molar-refractivity contribution is 7.92. The minimum absolute atomic E-state index is 0.0430. The lowest BCUT2D eigenvalue weighted by molar-refractivity contribution is 0.0683. The first-order valence-electron chi connectivity index (χ1n) is 10.9. The fourth-order valence-electron chi connectivity index (χ4n) is 4.29. The lowest BCUT2D eigenvalue weighted by atomic mass is 9.99. The highest BCUT2D eigenvalue weighted by Gasteiger charge is 2.25. The van der Waals surface area contributed by atoms with Gasteiger partial charge in [-0.15, -0.1) is 0 Å². The van der Waals surface area contributed by atoms with Gasteiger partial charge >= 0.3 is 0 Å². The molecule has 31 heavy (non-hydrogen) atoms. The SMILES string of the molecule is C[C@@H]1CCCN(C(=O)c2ccc(N3CCNCC3)c(NS(=O)(=O)c3ccccc3)c2)C1. The highest BCUT2D eigenvalue weighted by Crippen LogP contribution is 2.31. The van der Waals surface area contributed by atoms with Gasteiger partial charge in [0.1, 0.15) is 0 Å². The monoisotopic (exact) mass is 442 g/mol. The Bertz CT molecular complexity index is 1020. The van der Waals surface area contributed by atoms with E-state index in [0.29, 0.717) is 17.2 Å². The second-order valence-electron chi connectivity index (χ2n) is 8.39. The summed E-state index contributed by atoms with van der Waals surface area (Å²) in [7, 11) is -3.77. The summed E-state index contributed by atoms with van der Waals surface area (Å²) < 4.78 is 28.8. The molecular weight excluding hydrogens is 412 g/mol. The standard InChI is InChI=1S/C23H30N4O3S/c1-18-6-5-13-27(17-18)23(28)19-9-10-22(26-14-11-24-12-15-26)21(16-19)25-31(29,30)20-7-3-2-4-8-20/h2-4,7-10,16,18,24-25H,5-6,11-15,17H2,1H3/t18-/m1/s1. The molecular formula is C23H30N4O3S. The minimum atomic E-state index is -3.77. The van der Waals surface area contributed by atoms with E-state index in [9.17, 15) is 13.2 Å². The smallest absolute Gasteiger partial charge is 0.261 e. The number of likely N-dealkylation sites (tertiary alicyclic amines) is 1. The second kappa shape index (κ2) is 9.28. The molecule has 0 unspecified atom stereocenters. The van der Waals surface area contributed by atoms with Crippen molar-refractivity contribution in [1.29, 1.82) is 0 Å². The number of carbonyl (C=O) groups is 1. The van der Waals surface area contributed by atoms with Gasteiger partial charge in [0.25, 0.3) is 15.9 Å². The number of piperazine rings is 1. The molecule has 0 saturated carbocycles. The zero-order valence-electron chi connectivity index (χ0n) is 17.9. The minimum Gasteiger partial charge on any atom is -0.367 e. The molecule has 4 rings (SSSR count). The first-order chi connectivity index (χ1) is 14.9. The summed E-state index contributed by atoms with van der Waals surface area (Å²) in [5.41, 5.74) is 1.75. The Morgan fingerprint density at radius 1 is 1.06 bits per heavy atom. The summed E-state index contributed by atoms with van der Waals surface area (Å²) in [6, 6.07) is 13.7. The number of rotatable bonds is 5. The van der Waals surface area contributed by atoms with E-state index in [4.69, 9.17) is 0 Å². The first kappa shape index (κ1) is 21.6. The number of hydrogen-bond donors (Lipinski definition) is 2. The Balaban J connectivity index is 1.67. The molecule has 2 aromatic carbocycles. The number of piperidine rings is 1. The summed E-state index contributed by atoms with van der Waals surface area (Å²) >= 11 is 0. The van der Waals surface area contributed by atoms with E-state index in [2.05, 4.69) is 21.9 Å². The number of hydrogen-bond acceptors (Lipinski definition) is 5. The topological polar surface area (TPSA) is 81.8 Å². The third-order valence-corrected chi connectivity index (χ3v) is 7.32. The van der Waals surface area contributed by atoms with Crippen LogP contribution in [0.25, 0.3) is 0 Å². The Morgan fingerprint density at radius 3 is 2.52 bits per heavy atom. The maximum atomic E-state index is 13.1. The van der Waals surface area contributed by atoms with Gasteiger partial charge in [0.05, 0.1) is 16.3 Å². The zero-order valence-corrected chi connectivity index (χ0v) is 18.7. The van der Waals surface area contributed by atoms with Gasteiger partial charge in [0.2, 0.25) is 0 Å². The number of amides is 1. The van der Waals surface area contributed by atoms with Gasteiger partial charge in [-0.2, -0.15) is 0 Å². The molecule has 1 atom stereocenters. The van der Waals surface area contributed by atoms with Crippen molar-refractivity contribution < 1.29 is 13.2 Å². The van der Waals surface area contributed by atoms with E-state index < -0.39 is 10.0 Å². The molecule has 2 saturated heterocycles. The molecule has 7 nitrogen and oxygen atoms in total. The molecule has 1 amide bonds. The molecule has 2 aromatic rings. The highest BCUT2D eigenvalue weighted by atomic mass is 32.2. The molecule has 2 fully saturated rings. The third kappa shape index (κ3) is 5.02. The van der Waals surface area contributed by atoms with Crippen molar-refractivity contribution in [3.63, 3.8) is 0 Å². The summed E-state index contributed by atoms with van der Waals surface area (Å²) in [5, 5.41) is 3.31. The summed E-state index contributed by atoms with van der Waals surface area (Å²) in [6.07, 6.45) is 2.13. The Kier molecular flexibility index (Phi) is 6.48. The van der Waals surface area contributed by atoms with Crippen LogP contribution in [0.5, 0.6) is 0 Å². The van der Waals surface area contributed by atoms with E-state index in [0.717, 1.165) is 57.8 Å². The van der Waals surface area contributed by atoms with Crippen LogP contribution in [0.3, 0.4) is 0 Å². The van der Waals surface area contributed by atoms with Crippen molar-refractivity contribution in [2.45, 2.75) is 24.7 Å². The normalized spacial score (nSPS) is 19.8. The molecule has 0 bridgehead atoms. The lowest BCUT2D eigenvalue weighted by Gasteiger charge is -2.33. The van der Waals surface area contributed by atoms with Gasteiger partial charge < -0.3 is 15.1 Å². The third-order valence-electron chi connectivity index (χ3n) is 5.94. The van der Waals surface area contributed by atoms with Crippen LogP contribution in [-0.4, -0.2) is 58.5 Å². The maximum absolute atomic E-state index is 13.1. The predicted molar refractivity (Wildman–Crippen MR) is 123 cm³/mol. The number of carbonyl (C=O) groups excluding carboxylic acids is 1. The van der Waals surface area contributed by atoms with E-state index in [1.165, 1.54) is 0 Å². The average molecular weight is 443 g/mol. The van der Waals surface area contributed by atoms with Crippen LogP contribution in [0, 0.1) is 5.92 Å². The van der Waals surface area contributed by atoms with E-state index in [-0.39, 0.29) is 10.8 Å². The second-order valence-corrected chi connectivity index (χ2v) is 10.1. The number of nitrogens with one attached hydrogen (secondary N) is 2. The van der Waals surface area contributed by atoms with Crippen molar-refractivity contribution in [1.82, 2.24) is 10.2 Å². The largest absolute Gasteiger partial charge is 0.367 e. The summed E-state index contributed by atoms with van der Waals surface area (Å²) in [4.78, 5) is 17.4. The van der Waals surface area contributed by atoms with Gasteiger partial charge in [-0.3, -0.25) is 9.52 Å². The average Bonchev–Trinajstić information content (AvgIpc) is 2.79. The van der Waals surface area contributed by atoms with Crippen LogP contribution in [0.1, 0.15) is 30.1 Å². The van der Waals surface area contributed by atoms with Gasteiger partial charge in [-0.1, -0.05) is 25.1 Å². The fourth-order valence-corrected chi connectivity index (χ4v) is 5.38. The summed E-state index contributed by atoms with van der Waals surface area (Å²) in [5.74, 6) is 0.437. The van der Waals surface area contributed by atoms with Crippen LogP contribution in [0.4, 0.5) is 11.4 Å². The molecule has 2 aliphatic rings. The van der Waals surface area contributed by atoms with Gasteiger partial charge in [0.15, 0.2) is 0 Å². The van der Waals surface area contributed by atoms with Crippen LogP contribution >= 0.6 is 0 Å². The van der Waals surface area contributed by atoms with Crippen LogP contribution in [0.15, 0.2) is 53.4 Å². The Hall–Kier alpha value is -2.58. The molecule has 0 aromatic heterocycles. The molecule has 8 heteroatoms. The number of nitrogens with zero attached hydrogens (tertiary/aromatic N) is 2. The van der Waals surface area contributed by atoms with E-state index >= 15 is 0 Å². The van der Waals surface area contributed by atoms with Gasteiger partial charge in [-0.05, 0) is 49.1 Å². The van der Waals surface area contributed by atoms with Crippen molar-refractivity contribution in [2.75, 3.05) is 48.9 Å². The molecule has 166 valence electrons. The number of benzene rings is 2.